The van der Waals surface area contributed by atoms with E-state index in [1.54, 1.807) is 0 Å². The van der Waals surface area contributed by atoms with Gasteiger partial charge in [0.2, 0.25) is 0 Å². The lowest BCUT2D eigenvalue weighted by atomic mass is 10.1. The molecule has 1 heterocycles. The Balaban J connectivity index is 2.30. The maximum Gasteiger partial charge on any atom is 0.306 e. The molecule has 4 heteroatoms. The third-order valence-corrected chi connectivity index (χ3v) is 2.09. The highest BCUT2D eigenvalue weighted by atomic mass is 16.6. The summed E-state index contributed by atoms with van der Waals surface area (Å²) in [5.74, 6) is 0.0992. The molecule has 1 aliphatic heterocycles. The van der Waals surface area contributed by atoms with Gasteiger partial charge in [-0.15, -0.1) is 0 Å². The number of ether oxygens (including phenoxy) is 2. The molecule has 4 nitrogen and oxygen atoms in total. The van der Waals surface area contributed by atoms with Gasteiger partial charge in [-0.3, -0.25) is 4.79 Å². The molecule has 1 N–H and O–H groups in total. The van der Waals surface area contributed by atoms with E-state index in [0.717, 1.165) is 19.7 Å². The smallest absolute Gasteiger partial charge is 0.306 e. The quantitative estimate of drug-likeness (QED) is 0.697. The van der Waals surface area contributed by atoms with Gasteiger partial charge >= 0.3 is 5.97 Å². The van der Waals surface area contributed by atoms with Crippen molar-refractivity contribution in [2.45, 2.75) is 32.8 Å². The van der Waals surface area contributed by atoms with Gasteiger partial charge in [-0.05, 0) is 20.8 Å². The molecule has 0 spiro atoms. The van der Waals surface area contributed by atoms with E-state index in [9.17, 15) is 4.79 Å². The van der Waals surface area contributed by atoms with Crippen LogP contribution in [0.4, 0.5) is 0 Å². The van der Waals surface area contributed by atoms with Crippen molar-refractivity contribution in [1.29, 1.82) is 0 Å². The van der Waals surface area contributed by atoms with E-state index in [-0.39, 0.29) is 11.9 Å². The molecule has 0 aliphatic carbocycles. The summed E-state index contributed by atoms with van der Waals surface area (Å²) in [6, 6.07) is 0. The Kier molecular flexibility index (Phi) is 4.54. The van der Waals surface area contributed by atoms with E-state index in [0.29, 0.717) is 13.0 Å². The van der Waals surface area contributed by atoms with Crippen molar-refractivity contribution >= 4 is 5.97 Å². The number of nitrogens with one attached hydrogen (secondary N) is 1. The minimum Gasteiger partial charge on any atom is -0.460 e. The normalized spacial score (nSPS) is 23.3. The average Bonchev–Trinajstić information content (AvgIpc) is 2.28. The number of carbonyl (C=O) groups is 1. The Morgan fingerprint density at radius 1 is 1.53 bits per heavy atom. The first-order valence-corrected chi connectivity index (χ1v) is 5.48. The van der Waals surface area contributed by atoms with Crippen LogP contribution < -0.4 is 5.32 Å². The zero-order chi connectivity index (χ0) is 11.3. The topological polar surface area (TPSA) is 47.6 Å². The van der Waals surface area contributed by atoms with Gasteiger partial charge < -0.3 is 14.8 Å². The molecule has 0 bridgehead atoms. The second-order valence-electron chi connectivity index (χ2n) is 4.94. The third kappa shape index (κ3) is 5.74. The molecule has 15 heavy (non-hydrogen) atoms. The summed E-state index contributed by atoms with van der Waals surface area (Å²) < 4.78 is 10.6. The Hall–Kier alpha value is -0.610. The van der Waals surface area contributed by atoms with Gasteiger partial charge in [0, 0.05) is 19.0 Å². The first-order valence-electron chi connectivity index (χ1n) is 5.48. The van der Waals surface area contributed by atoms with Gasteiger partial charge in [-0.1, -0.05) is 0 Å². The maximum atomic E-state index is 11.5. The maximum absolute atomic E-state index is 11.5. The molecule has 0 aromatic heterocycles. The summed E-state index contributed by atoms with van der Waals surface area (Å²) in [6.45, 7) is 8.72. The van der Waals surface area contributed by atoms with Gasteiger partial charge in [-0.25, -0.2) is 0 Å². The molecule has 1 atom stereocenters. The number of hydrogen-bond acceptors (Lipinski definition) is 4. The standard InChI is InChI=1S/C11H21NO3/c1-11(2,3)15-10(13)6-9-7-12-4-5-14-8-9/h9,12H,4-8H2,1-3H3. The van der Waals surface area contributed by atoms with E-state index < -0.39 is 5.60 Å². The lowest BCUT2D eigenvalue weighted by Crippen LogP contribution is -2.29. The zero-order valence-corrected chi connectivity index (χ0v) is 9.84. The highest BCUT2D eigenvalue weighted by Gasteiger charge is 2.21. The molecular formula is C11H21NO3. The van der Waals surface area contributed by atoms with Gasteiger partial charge in [0.1, 0.15) is 5.60 Å². The van der Waals surface area contributed by atoms with Crippen LogP contribution in [-0.2, 0) is 14.3 Å². The molecule has 88 valence electrons. The van der Waals surface area contributed by atoms with Crippen molar-refractivity contribution in [2.75, 3.05) is 26.3 Å². The molecule has 0 aromatic rings. The van der Waals surface area contributed by atoms with Gasteiger partial charge in [0.25, 0.3) is 0 Å². The second-order valence-corrected chi connectivity index (χ2v) is 4.94. The van der Waals surface area contributed by atoms with Crippen molar-refractivity contribution < 1.29 is 14.3 Å². The zero-order valence-electron chi connectivity index (χ0n) is 9.84. The van der Waals surface area contributed by atoms with E-state index >= 15 is 0 Å². The fourth-order valence-corrected chi connectivity index (χ4v) is 1.51. The van der Waals surface area contributed by atoms with Crippen LogP contribution in [0.25, 0.3) is 0 Å². The summed E-state index contributed by atoms with van der Waals surface area (Å²) >= 11 is 0. The average molecular weight is 215 g/mol. The molecule has 1 rings (SSSR count). The Morgan fingerprint density at radius 2 is 2.27 bits per heavy atom. The van der Waals surface area contributed by atoms with Crippen LogP contribution in [-0.4, -0.2) is 37.9 Å². The fraction of sp³-hybridized carbons (Fsp3) is 0.909. The van der Waals surface area contributed by atoms with E-state index in [4.69, 9.17) is 9.47 Å². The SMILES string of the molecule is CC(C)(C)OC(=O)CC1CNCCOC1. The van der Waals surface area contributed by atoms with Crippen molar-refractivity contribution in [3.05, 3.63) is 0 Å². The molecule has 1 unspecified atom stereocenters. The van der Waals surface area contributed by atoms with Crippen LogP contribution in [0.1, 0.15) is 27.2 Å². The van der Waals surface area contributed by atoms with Crippen LogP contribution in [0.15, 0.2) is 0 Å². The van der Waals surface area contributed by atoms with Crippen molar-refractivity contribution in [3.63, 3.8) is 0 Å². The summed E-state index contributed by atoms with van der Waals surface area (Å²) in [5, 5.41) is 3.23. The molecule has 0 amide bonds. The van der Waals surface area contributed by atoms with E-state index in [1.165, 1.54) is 0 Å². The lowest BCUT2D eigenvalue weighted by molar-refractivity contribution is -0.156. The van der Waals surface area contributed by atoms with Crippen molar-refractivity contribution in [1.82, 2.24) is 5.32 Å². The predicted molar refractivity (Wildman–Crippen MR) is 57.6 cm³/mol. The minimum atomic E-state index is -0.393. The molecule has 1 aliphatic rings. The second kappa shape index (κ2) is 5.47. The summed E-state index contributed by atoms with van der Waals surface area (Å²) in [7, 11) is 0. The largest absolute Gasteiger partial charge is 0.460 e. The van der Waals surface area contributed by atoms with Gasteiger partial charge in [0.15, 0.2) is 0 Å². The number of rotatable bonds is 2. The molecule has 0 radical (unpaired) electrons. The first-order chi connectivity index (χ1) is 6.97. The predicted octanol–water partition coefficient (Wildman–Crippen LogP) is 0.954. The van der Waals surface area contributed by atoms with Gasteiger partial charge in [0.05, 0.1) is 19.6 Å². The Bertz CT molecular complexity index is 202. The Labute approximate surface area is 91.3 Å². The van der Waals surface area contributed by atoms with Gasteiger partial charge in [-0.2, -0.15) is 0 Å². The first kappa shape index (κ1) is 12.5. The monoisotopic (exact) mass is 215 g/mol. The van der Waals surface area contributed by atoms with E-state index in [1.807, 2.05) is 20.8 Å². The fourth-order valence-electron chi connectivity index (χ4n) is 1.51. The molecule has 0 saturated carbocycles. The van der Waals surface area contributed by atoms with Crippen LogP contribution >= 0.6 is 0 Å². The van der Waals surface area contributed by atoms with E-state index in [2.05, 4.69) is 5.32 Å². The highest BCUT2D eigenvalue weighted by Crippen LogP contribution is 2.12. The highest BCUT2D eigenvalue weighted by molar-refractivity contribution is 5.70. The van der Waals surface area contributed by atoms with Crippen LogP contribution in [0.3, 0.4) is 0 Å². The molecule has 1 fully saturated rings. The Morgan fingerprint density at radius 3 is 2.93 bits per heavy atom. The van der Waals surface area contributed by atoms with Crippen molar-refractivity contribution in [3.8, 4) is 0 Å². The van der Waals surface area contributed by atoms with Crippen LogP contribution in [0.5, 0.6) is 0 Å². The molecular weight excluding hydrogens is 194 g/mol. The minimum absolute atomic E-state index is 0.139. The van der Waals surface area contributed by atoms with Crippen LogP contribution in [0.2, 0.25) is 0 Å². The summed E-state index contributed by atoms with van der Waals surface area (Å²) in [6.07, 6.45) is 0.435. The third-order valence-electron chi connectivity index (χ3n) is 2.09. The number of carbonyl (C=O) groups excluding carboxylic acids is 1. The lowest BCUT2D eigenvalue weighted by Gasteiger charge is -2.21. The van der Waals surface area contributed by atoms with Crippen LogP contribution in [0, 0.1) is 5.92 Å². The number of hydrogen-bond donors (Lipinski definition) is 1. The van der Waals surface area contributed by atoms with Crippen molar-refractivity contribution in [2.24, 2.45) is 5.92 Å². The summed E-state index contributed by atoms with van der Waals surface area (Å²) in [4.78, 5) is 11.5. The summed E-state index contributed by atoms with van der Waals surface area (Å²) in [5.41, 5.74) is -0.393. The molecule has 0 aromatic carbocycles. The number of esters is 1. The molecule has 1 saturated heterocycles.